The Morgan fingerprint density at radius 2 is 2.40 bits per heavy atom. The second-order valence-corrected chi connectivity index (χ2v) is 4.41. The molecule has 0 fully saturated rings. The van der Waals surface area contributed by atoms with Gasteiger partial charge >= 0.3 is 0 Å². The summed E-state index contributed by atoms with van der Waals surface area (Å²) >= 11 is 8.99. The predicted octanol–water partition coefficient (Wildman–Crippen LogP) is 3.32. The van der Waals surface area contributed by atoms with Crippen LogP contribution in [-0.4, -0.2) is 17.7 Å². The maximum Gasteiger partial charge on any atom is 0.146 e. The van der Waals surface area contributed by atoms with Crippen molar-refractivity contribution in [2.24, 2.45) is 5.16 Å². The number of hydrogen-bond donors (Lipinski definition) is 0. The highest BCUT2D eigenvalue weighted by Gasteiger charge is 2.22. The van der Waals surface area contributed by atoms with Crippen molar-refractivity contribution in [3.63, 3.8) is 0 Å². The van der Waals surface area contributed by atoms with Crippen LogP contribution in [0, 0.1) is 5.82 Å². The first kappa shape index (κ1) is 10.9. The largest absolute Gasteiger partial charge is 0.391 e. The lowest BCUT2D eigenvalue weighted by Gasteiger charge is -2.03. The van der Waals surface area contributed by atoms with Gasteiger partial charge in [-0.25, -0.2) is 4.39 Å². The Labute approximate surface area is 100 Å². The summed E-state index contributed by atoms with van der Waals surface area (Å²) in [5.74, 6) is 0.102. The fourth-order valence-electron chi connectivity index (χ4n) is 1.39. The Morgan fingerprint density at radius 1 is 1.60 bits per heavy atom. The van der Waals surface area contributed by atoms with Crippen LogP contribution in [0.5, 0.6) is 0 Å². The second-order valence-electron chi connectivity index (χ2n) is 3.25. The van der Waals surface area contributed by atoms with Crippen molar-refractivity contribution < 1.29 is 9.23 Å². The van der Waals surface area contributed by atoms with Crippen LogP contribution >= 0.6 is 27.5 Å². The monoisotopic (exact) mass is 291 g/mol. The first-order valence-electron chi connectivity index (χ1n) is 4.45. The summed E-state index contributed by atoms with van der Waals surface area (Å²) in [5, 5.41) is 3.90. The Bertz CT molecular complexity index is 410. The number of nitrogens with zero attached hydrogens (tertiary/aromatic N) is 1. The van der Waals surface area contributed by atoms with Gasteiger partial charge in [0.05, 0.1) is 11.6 Å². The molecule has 0 saturated heterocycles. The van der Waals surface area contributed by atoms with Gasteiger partial charge in [0.2, 0.25) is 0 Å². The normalized spacial score (nSPS) is 19.9. The zero-order valence-corrected chi connectivity index (χ0v) is 10.1. The Kier molecular flexibility index (Phi) is 3.26. The smallest absolute Gasteiger partial charge is 0.146 e. The third kappa shape index (κ3) is 2.32. The van der Waals surface area contributed by atoms with Gasteiger partial charge in [-0.05, 0) is 18.2 Å². The van der Waals surface area contributed by atoms with Gasteiger partial charge < -0.3 is 4.84 Å². The van der Waals surface area contributed by atoms with Crippen LogP contribution in [0.4, 0.5) is 4.39 Å². The molecule has 2 nitrogen and oxygen atoms in total. The summed E-state index contributed by atoms with van der Waals surface area (Å²) in [5.41, 5.74) is 1.45. The summed E-state index contributed by atoms with van der Waals surface area (Å²) in [6, 6.07) is 4.48. The van der Waals surface area contributed by atoms with E-state index >= 15 is 0 Å². The van der Waals surface area contributed by atoms with Crippen molar-refractivity contribution in [2.75, 3.05) is 5.88 Å². The molecule has 1 heterocycles. The van der Waals surface area contributed by atoms with Gasteiger partial charge in [-0.2, -0.15) is 0 Å². The van der Waals surface area contributed by atoms with Crippen LogP contribution in [0.15, 0.2) is 27.8 Å². The molecule has 0 bridgehead atoms. The fourth-order valence-corrected chi connectivity index (χ4v) is 2.03. The van der Waals surface area contributed by atoms with Crippen LogP contribution in [0.3, 0.4) is 0 Å². The highest BCUT2D eigenvalue weighted by atomic mass is 79.9. The minimum atomic E-state index is -0.287. The molecule has 0 radical (unpaired) electrons. The summed E-state index contributed by atoms with van der Waals surface area (Å²) < 4.78 is 13.8. The van der Waals surface area contributed by atoms with Gasteiger partial charge in [0.1, 0.15) is 11.9 Å². The van der Waals surface area contributed by atoms with E-state index in [2.05, 4.69) is 21.1 Å². The maximum absolute atomic E-state index is 13.0. The Balaban J connectivity index is 2.27. The molecule has 0 aromatic heterocycles. The molecule has 1 atom stereocenters. The Hall–Kier alpha value is -0.610. The molecule has 0 N–H and O–H groups in total. The molecule has 2 rings (SSSR count). The van der Waals surface area contributed by atoms with E-state index in [0.717, 1.165) is 15.7 Å². The average molecular weight is 293 g/mol. The molecule has 1 aromatic rings. The van der Waals surface area contributed by atoms with Crippen molar-refractivity contribution in [3.8, 4) is 0 Å². The number of oxime groups is 1. The number of hydrogen-bond acceptors (Lipinski definition) is 2. The number of halogens is 3. The van der Waals surface area contributed by atoms with Crippen molar-refractivity contribution in [1.29, 1.82) is 0 Å². The average Bonchev–Trinajstić information content (AvgIpc) is 2.70. The molecule has 1 unspecified atom stereocenters. The van der Waals surface area contributed by atoms with Gasteiger partial charge in [0.15, 0.2) is 0 Å². The van der Waals surface area contributed by atoms with Crippen LogP contribution in [0.2, 0.25) is 0 Å². The molecule has 15 heavy (non-hydrogen) atoms. The van der Waals surface area contributed by atoms with Gasteiger partial charge in [-0.15, -0.1) is 11.6 Å². The number of rotatable bonds is 2. The minimum absolute atomic E-state index is 0.100. The third-order valence-corrected chi connectivity index (χ3v) is 3.18. The van der Waals surface area contributed by atoms with E-state index < -0.39 is 0 Å². The standard InChI is InChI=1S/C10H8BrClFNO/c11-9-2-1-6(13)3-8(9)10-4-7(5-12)15-14-10/h1-3,7H,4-5H2. The van der Waals surface area contributed by atoms with Crippen molar-refractivity contribution >= 4 is 33.2 Å². The van der Waals surface area contributed by atoms with E-state index in [1.807, 2.05) is 0 Å². The molecule has 0 amide bonds. The summed E-state index contributed by atoms with van der Waals surface area (Å²) in [4.78, 5) is 5.08. The van der Waals surface area contributed by atoms with E-state index in [9.17, 15) is 4.39 Å². The molecule has 1 aromatic carbocycles. The molecule has 0 spiro atoms. The molecule has 5 heteroatoms. The second kappa shape index (κ2) is 4.49. The molecule has 0 saturated carbocycles. The lowest BCUT2D eigenvalue weighted by atomic mass is 10.1. The quantitative estimate of drug-likeness (QED) is 0.766. The highest BCUT2D eigenvalue weighted by Crippen LogP contribution is 2.24. The molecule has 0 aliphatic carbocycles. The lowest BCUT2D eigenvalue weighted by Crippen LogP contribution is -2.10. The zero-order valence-electron chi connectivity index (χ0n) is 7.71. The van der Waals surface area contributed by atoms with E-state index in [-0.39, 0.29) is 11.9 Å². The molecular weight excluding hydrogens is 284 g/mol. The highest BCUT2D eigenvalue weighted by molar-refractivity contribution is 9.10. The van der Waals surface area contributed by atoms with Crippen molar-refractivity contribution in [3.05, 3.63) is 34.1 Å². The number of alkyl halides is 1. The first-order valence-corrected chi connectivity index (χ1v) is 5.77. The molecular formula is C10H8BrClFNO. The van der Waals surface area contributed by atoms with Gasteiger partial charge in [-0.3, -0.25) is 0 Å². The molecule has 80 valence electrons. The van der Waals surface area contributed by atoms with Gasteiger partial charge in [-0.1, -0.05) is 21.1 Å². The van der Waals surface area contributed by atoms with Crippen LogP contribution in [-0.2, 0) is 4.84 Å². The maximum atomic E-state index is 13.0. The van der Waals surface area contributed by atoms with Gasteiger partial charge in [0, 0.05) is 16.5 Å². The van der Waals surface area contributed by atoms with E-state index in [4.69, 9.17) is 16.4 Å². The molecule has 1 aliphatic heterocycles. The van der Waals surface area contributed by atoms with Crippen LogP contribution in [0.1, 0.15) is 12.0 Å². The number of benzene rings is 1. The van der Waals surface area contributed by atoms with Crippen LogP contribution in [0.25, 0.3) is 0 Å². The summed E-state index contributed by atoms with van der Waals surface area (Å²) in [6.07, 6.45) is 0.516. The third-order valence-electron chi connectivity index (χ3n) is 2.14. The summed E-state index contributed by atoms with van der Waals surface area (Å²) in [6.45, 7) is 0. The Morgan fingerprint density at radius 3 is 3.07 bits per heavy atom. The van der Waals surface area contributed by atoms with E-state index in [0.29, 0.717) is 12.3 Å². The van der Waals surface area contributed by atoms with E-state index in [1.54, 1.807) is 6.07 Å². The fraction of sp³-hybridized carbons (Fsp3) is 0.300. The first-order chi connectivity index (χ1) is 7.20. The SMILES string of the molecule is Fc1ccc(Br)c(C2=NOC(CCl)C2)c1. The zero-order chi connectivity index (χ0) is 10.8. The van der Waals surface area contributed by atoms with Gasteiger partial charge in [0.25, 0.3) is 0 Å². The van der Waals surface area contributed by atoms with E-state index in [1.165, 1.54) is 12.1 Å². The lowest BCUT2D eigenvalue weighted by molar-refractivity contribution is 0.102. The summed E-state index contributed by atoms with van der Waals surface area (Å²) in [7, 11) is 0. The predicted molar refractivity (Wildman–Crippen MR) is 60.8 cm³/mol. The molecule has 1 aliphatic rings. The minimum Gasteiger partial charge on any atom is -0.391 e. The van der Waals surface area contributed by atoms with Crippen LogP contribution < -0.4 is 0 Å². The van der Waals surface area contributed by atoms with Crippen molar-refractivity contribution in [2.45, 2.75) is 12.5 Å². The van der Waals surface area contributed by atoms with Crippen molar-refractivity contribution in [1.82, 2.24) is 0 Å². The topological polar surface area (TPSA) is 21.6 Å².